The van der Waals surface area contributed by atoms with Crippen molar-refractivity contribution in [3.05, 3.63) is 36.8 Å². The number of nitrogens with one attached hydrogen (secondary N) is 1. The molecule has 1 fully saturated rings. The second-order valence-corrected chi connectivity index (χ2v) is 8.32. The standard InChI is InChI=1S/C21H24N8OS/c1-31-21-25-19(27-9-4-5-10-27)15-12-24-29(20(15)26-21)11-8-22-18(30)13-28-14-23-16-6-2-3-7-17(16)28/h2-3,6-7,12,14H,4-5,8-11,13H2,1H3,(H,22,30). The number of amides is 1. The van der Waals surface area contributed by atoms with Crippen LogP contribution < -0.4 is 10.2 Å². The Morgan fingerprint density at radius 1 is 1.19 bits per heavy atom. The van der Waals surface area contributed by atoms with Gasteiger partial charge in [-0.1, -0.05) is 23.9 Å². The first kappa shape index (κ1) is 19.8. The van der Waals surface area contributed by atoms with Crippen molar-refractivity contribution in [3.63, 3.8) is 0 Å². The summed E-state index contributed by atoms with van der Waals surface area (Å²) < 4.78 is 3.71. The smallest absolute Gasteiger partial charge is 0.240 e. The van der Waals surface area contributed by atoms with Crippen LogP contribution in [-0.4, -0.2) is 61.1 Å². The summed E-state index contributed by atoms with van der Waals surface area (Å²) >= 11 is 1.53. The van der Waals surface area contributed by atoms with Gasteiger partial charge in [0.2, 0.25) is 5.91 Å². The molecule has 0 saturated carbocycles. The number of hydrogen-bond donors (Lipinski definition) is 1. The van der Waals surface area contributed by atoms with Crippen LogP contribution in [0.5, 0.6) is 0 Å². The summed E-state index contributed by atoms with van der Waals surface area (Å²) in [6, 6.07) is 7.79. The Balaban J connectivity index is 1.27. The number of para-hydroxylation sites is 2. The monoisotopic (exact) mass is 436 g/mol. The molecule has 1 aromatic carbocycles. The maximum absolute atomic E-state index is 12.4. The summed E-state index contributed by atoms with van der Waals surface area (Å²) in [5, 5.41) is 9.22. The van der Waals surface area contributed by atoms with Gasteiger partial charge < -0.3 is 14.8 Å². The van der Waals surface area contributed by atoms with Crippen LogP contribution in [0.2, 0.25) is 0 Å². The summed E-state index contributed by atoms with van der Waals surface area (Å²) in [4.78, 5) is 28.5. The van der Waals surface area contributed by atoms with E-state index in [0.717, 1.165) is 46.1 Å². The number of aromatic nitrogens is 6. The summed E-state index contributed by atoms with van der Waals surface area (Å²) in [7, 11) is 0. The fraction of sp³-hybridized carbons (Fsp3) is 0.381. The molecule has 9 nitrogen and oxygen atoms in total. The lowest BCUT2D eigenvalue weighted by Gasteiger charge is -2.17. The molecule has 1 N–H and O–H groups in total. The van der Waals surface area contributed by atoms with E-state index in [1.54, 1.807) is 6.33 Å². The number of carbonyl (C=O) groups is 1. The molecule has 4 aromatic rings. The molecule has 5 rings (SSSR count). The first-order valence-corrected chi connectivity index (χ1v) is 11.6. The fourth-order valence-corrected chi connectivity index (χ4v) is 4.35. The van der Waals surface area contributed by atoms with E-state index in [9.17, 15) is 4.79 Å². The second kappa shape index (κ2) is 8.54. The third-order valence-corrected chi connectivity index (χ3v) is 6.08. The van der Waals surface area contributed by atoms with Crippen molar-refractivity contribution in [1.29, 1.82) is 0 Å². The number of carbonyl (C=O) groups excluding carboxylic acids is 1. The SMILES string of the molecule is CSc1nc(N2CCCC2)c2cnn(CCNC(=O)Cn3cnc4ccccc43)c2n1. The van der Waals surface area contributed by atoms with Crippen LogP contribution in [-0.2, 0) is 17.9 Å². The molecular weight excluding hydrogens is 412 g/mol. The highest BCUT2D eigenvalue weighted by Crippen LogP contribution is 2.28. The van der Waals surface area contributed by atoms with E-state index in [4.69, 9.17) is 4.98 Å². The molecular formula is C21H24N8OS. The molecule has 1 aliphatic heterocycles. The van der Waals surface area contributed by atoms with Gasteiger partial charge in [-0.2, -0.15) is 5.10 Å². The maximum atomic E-state index is 12.4. The minimum absolute atomic E-state index is 0.0585. The van der Waals surface area contributed by atoms with E-state index in [0.29, 0.717) is 13.1 Å². The molecule has 31 heavy (non-hydrogen) atoms. The van der Waals surface area contributed by atoms with Crippen molar-refractivity contribution in [2.75, 3.05) is 30.8 Å². The summed E-state index contributed by atoms with van der Waals surface area (Å²) in [5.41, 5.74) is 2.65. The predicted octanol–water partition coefficient (Wildman–Crippen LogP) is 2.31. The van der Waals surface area contributed by atoms with Gasteiger partial charge in [0, 0.05) is 19.6 Å². The molecule has 0 bridgehead atoms. The molecule has 0 radical (unpaired) electrons. The highest BCUT2D eigenvalue weighted by atomic mass is 32.2. The third kappa shape index (κ3) is 3.95. The normalized spacial score (nSPS) is 14.0. The number of benzene rings is 1. The van der Waals surface area contributed by atoms with Crippen LogP contribution in [0.25, 0.3) is 22.1 Å². The van der Waals surface area contributed by atoms with Gasteiger partial charge in [-0.15, -0.1) is 0 Å². The number of rotatable bonds is 7. The van der Waals surface area contributed by atoms with Crippen LogP contribution in [0.1, 0.15) is 12.8 Å². The molecule has 3 aromatic heterocycles. The molecule has 160 valence electrons. The molecule has 10 heteroatoms. The first-order valence-electron chi connectivity index (χ1n) is 10.4. The third-order valence-electron chi connectivity index (χ3n) is 5.53. The van der Waals surface area contributed by atoms with Gasteiger partial charge in [0.1, 0.15) is 12.4 Å². The van der Waals surface area contributed by atoms with E-state index in [-0.39, 0.29) is 12.5 Å². The van der Waals surface area contributed by atoms with Crippen molar-refractivity contribution < 1.29 is 4.79 Å². The molecule has 1 aliphatic rings. The molecule has 0 spiro atoms. The van der Waals surface area contributed by atoms with Crippen molar-refractivity contribution in [2.24, 2.45) is 0 Å². The van der Waals surface area contributed by atoms with Crippen LogP contribution in [0, 0.1) is 0 Å². The predicted molar refractivity (Wildman–Crippen MR) is 121 cm³/mol. The van der Waals surface area contributed by atoms with Crippen LogP contribution >= 0.6 is 11.8 Å². The van der Waals surface area contributed by atoms with E-state index in [1.165, 1.54) is 24.6 Å². The molecule has 1 saturated heterocycles. The number of anilines is 1. The maximum Gasteiger partial charge on any atom is 0.240 e. The van der Waals surface area contributed by atoms with E-state index in [1.807, 2.05) is 46.0 Å². The lowest BCUT2D eigenvalue weighted by molar-refractivity contribution is -0.121. The van der Waals surface area contributed by atoms with Gasteiger partial charge in [-0.25, -0.2) is 19.6 Å². The molecule has 0 atom stereocenters. The van der Waals surface area contributed by atoms with Gasteiger partial charge in [-0.05, 0) is 31.2 Å². The second-order valence-electron chi connectivity index (χ2n) is 7.54. The molecule has 0 unspecified atom stereocenters. The molecule has 0 aliphatic carbocycles. The van der Waals surface area contributed by atoms with E-state index in [2.05, 4.69) is 25.3 Å². The summed E-state index contributed by atoms with van der Waals surface area (Å²) in [5.74, 6) is 0.908. The minimum atomic E-state index is -0.0585. The highest BCUT2D eigenvalue weighted by molar-refractivity contribution is 7.98. The molecule has 1 amide bonds. The first-order chi connectivity index (χ1) is 15.2. The van der Waals surface area contributed by atoms with Crippen molar-refractivity contribution in [3.8, 4) is 0 Å². The number of hydrogen-bond acceptors (Lipinski definition) is 7. The van der Waals surface area contributed by atoms with Crippen molar-refractivity contribution in [2.45, 2.75) is 31.1 Å². The quantitative estimate of drug-likeness (QED) is 0.351. The number of fused-ring (bicyclic) bond motifs is 2. The highest BCUT2D eigenvalue weighted by Gasteiger charge is 2.20. The van der Waals surface area contributed by atoms with Gasteiger partial charge in [0.25, 0.3) is 0 Å². The van der Waals surface area contributed by atoms with Gasteiger partial charge in [0.15, 0.2) is 10.8 Å². The summed E-state index contributed by atoms with van der Waals surface area (Å²) in [6.07, 6.45) is 7.90. The fourth-order valence-electron chi connectivity index (χ4n) is 3.99. The van der Waals surface area contributed by atoms with Gasteiger partial charge in [0.05, 0.1) is 35.5 Å². The number of nitrogens with zero attached hydrogens (tertiary/aromatic N) is 7. The zero-order chi connectivity index (χ0) is 21.2. The van der Waals surface area contributed by atoms with Crippen LogP contribution in [0.3, 0.4) is 0 Å². The Morgan fingerprint density at radius 3 is 2.87 bits per heavy atom. The van der Waals surface area contributed by atoms with Gasteiger partial charge >= 0.3 is 0 Å². The Bertz CT molecular complexity index is 1230. The van der Waals surface area contributed by atoms with E-state index >= 15 is 0 Å². The van der Waals surface area contributed by atoms with Crippen molar-refractivity contribution in [1.82, 2.24) is 34.6 Å². The topological polar surface area (TPSA) is 93.8 Å². The zero-order valence-electron chi connectivity index (χ0n) is 17.4. The molecule has 4 heterocycles. The van der Waals surface area contributed by atoms with Crippen LogP contribution in [0.15, 0.2) is 41.9 Å². The average molecular weight is 437 g/mol. The largest absolute Gasteiger partial charge is 0.356 e. The van der Waals surface area contributed by atoms with E-state index < -0.39 is 0 Å². The average Bonchev–Trinajstić information content (AvgIpc) is 3.54. The number of thioether (sulfide) groups is 1. The Morgan fingerprint density at radius 2 is 2.03 bits per heavy atom. The Hall–Kier alpha value is -3.14. The van der Waals surface area contributed by atoms with Crippen molar-refractivity contribution >= 4 is 45.6 Å². The van der Waals surface area contributed by atoms with Gasteiger partial charge in [-0.3, -0.25) is 4.79 Å². The van der Waals surface area contributed by atoms with Crippen LogP contribution in [0.4, 0.5) is 5.82 Å². The lowest BCUT2D eigenvalue weighted by Crippen LogP contribution is -2.30. The Labute approximate surface area is 183 Å². The summed E-state index contributed by atoms with van der Waals surface area (Å²) in [6.45, 7) is 3.29. The minimum Gasteiger partial charge on any atom is -0.356 e. The zero-order valence-corrected chi connectivity index (χ0v) is 18.2. The Kier molecular flexibility index (Phi) is 5.46. The number of imidazole rings is 1. The lowest BCUT2D eigenvalue weighted by atomic mass is 10.3.